The van der Waals surface area contributed by atoms with E-state index in [0.717, 1.165) is 75.5 Å². The van der Waals surface area contributed by atoms with E-state index in [9.17, 15) is 14.3 Å². The Morgan fingerprint density at radius 1 is 1.17 bits per heavy atom. The van der Waals surface area contributed by atoms with E-state index >= 15 is 0 Å². The zero-order valence-electron chi connectivity index (χ0n) is 21.6. The smallest absolute Gasteiger partial charge is 0.227 e. The van der Waals surface area contributed by atoms with Gasteiger partial charge < -0.3 is 15.3 Å². The maximum atomic E-state index is 13.8. The highest BCUT2D eigenvalue weighted by atomic mass is 19.1. The number of nitrogens with one attached hydrogen (secondary N) is 1. The number of aromatic nitrogens is 3. The summed E-state index contributed by atoms with van der Waals surface area (Å²) in [5, 5.41) is 22.3. The Morgan fingerprint density at radius 2 is 1.91 bits per heavy atom. The number of piperidine rings is 1. The average Bonchev–Trinajstić information content (AvgIpc) is 3.24. The van der Waals surface area contributed by atoms with Gasteiger partial charge in [0.1, 0.15) is 11.6 Å². The molecule has 4 rings (SSSR count). The van der Waals surface area contributed by atoms with Gasteiger partial charge in [-0.15, -0.1) is 10.2 Å². The lowest BCUT2D eigenvalue weighted by atomic mass is 9.87. The summed E-state index contributed by atoms with van der Waals surface area (Å²) in [7, 11) is 0. The first-order valence-corrected chi connectivity index (χ1v) is 13.0. The Labute approximate surface area is 208 Å². The van der Waals surface area contributed by atoms with Gasteiger partial charge in [-0.25, -0.2) is 4.39 Å². The molecule has 2 unspecified atom stereocenters. The highest BCUT2D eigenvalue weighted by Crippen LogP contribution is 2.32. The van der Waals surface area contributed by atoms with Crippen LogP contribution in [-0.4, -0.2) is 45.0 Å². The third kappa shape index (κ3) is 6.21. The van der Waals surface area contributed by atoms with Crippen molar-refractivity contribution in [3.05, 3.63) is 41.0 Å². The van der Waals surface area contributed by atoms with Crippen LogP contribution >= 0.6 is 0 Å². The molecule has 35 heavy (non-hydrogen) atoms. The minimum atomic E-state index is -0.244. The molecule has 1 aromatic heterocycles. The van der Waals surface area contributed by atoms with Crippen molar-refractivity contribution in [2.45, 2.75) is 90.8 Å². The summed E-state index contributed by atoms with van der Waals surface area (Å²) in [6.07, 6.45) is 5.18. The molecule has 1 aromatic carbocycles. The average molecular weight is 486 g/mol. The third-order valence-corrected chi connectivity index (χ3v) is 7.45. The molecule has 1 saturated carbocycles. The number of rotatable bonds is 6. The fourth-order valence-corrected chi connectivity index (χ4v) is 5.36. The summed E-state index contributed by atoms with van der Waals surface area (Å²) in [5.41, 5.74) is 1.25. The zero-order valence-corrected chi connectivity index (χ0v) is 21.6. The van der Waals surface area contributed by atoms with Gasteiger partial charge in [-0.2, -0.15) is 0 Å². The second kappa shape index (κ2) is 10.6. The molecule has 2 N–H and O–H groups in total. The highest BCUT2D eigenvalue weighted by molar-refractivity contribution is 5.78. The Hall–Kier alpha value is -2.48. The first-order valence-electron chi connectivity index (χ1n) is 13.0. The highest BCUT2D eigenvalue weighted by Gasteiger charge is 2.32. The van der Waals surface area contributed by atoms with Crippen LogP contribution in [0.2, 0.25) is 0 Å². The number of aliphatic hydroxyl groups excluding tert-OH is 1. The number of benzene rings is 1. The van der Waals surface area contributed by atoms with Gasteiger partial charge in [-0.3, -0.25) is 9.36 Å². The second-order valence-electron chi connectivity index (χ2n) is 11.4. The van der Waals surface area contributed by atoms with Gasteiger partial charge in [-0.05, 0) is 62.1 Å². The molecule has 1 aliphatic carbocycles. The number of carbonyl (C=O) groups is 1. The van der Waals surface area contributed by atoms with Crippen LogP contribution in [-0.2, 0) is 23.3 Å². The Morgan fingerprint density at radius 3 is 2.57 bits per heavy atom. The first-order chi connectivity index (χ1) is 16.6. The van der Waals surface area contributed by atoms with Crippen LogP contribution in [0, 0.1) is 24.6 Å². The van der Waals surface area contributed by atoms with E-state index in [2.05, 4.69) is 45.8 Å². The molecule has 0 radical (unpaired) electrons. The van der Waals surface area contributed by atoms with E-state index in [4.69, 9.17) is 0 Å². The molecule has 1 saturated heterocycles. The van der Waals surface area contributed by atoms with E-state index < -0.39 is 0 Å². The van der Waals surface area contributed by atoms with Gasteiger partial charge in [0.2, 0.25) is 11.9 Å². The minimum Gasteiger partial charge on any atom is -0.393 e. The Balaban J connectivity index is 1.38. The number of amides is 1. The van der Waals surface area contributed by atoms with Crippen molar-refractivity contribution in [2.75, 3.05) is 18.0 Å². The summed E-state index contributed by atoms with van der Waals surface area (Å²) < 4.78 is 16.1. The van der Waals surface area contributed by atoms with Crippen LogP contribution in [0.3, 0.4) is 0 Å². The SMILES string of the molecule is Cc1ccc(CNC(=O)C2CCN(c3nnc(C(C)(C)C)n3CC3CCCC(O)C3)CC2)cc1F. The van der Waals surface area contributed by atoms with Crippen molar-refractivity contribution in [1.82, 2.24) is 20.1 Å². The van der Waals surface area contributed by atoms with Crippen LogP contribution in [0.4, 0.5) is 10.3 Å². The molecular formula is C27H40FN5O2. The van der Waals surface area contributed by atoms with Crippen molar-refractivity contribution in [3.8, 4) is 0 Å². The maximum absolute atomic E-state index is 13.8. The predicted molar refractivity (Wildman–Crippen MR) is 135 cm³/mol. The van der Waals surface area contributed by atoms with Crippen LogP contribution in [0.15, 0.2) is 18.2 Å². The predicted octanol–water partition coefficient (Wildman–Crippen LogP) is 4.11. The molecule has 2 aliphatic rings. The van der Waals surface area contributed by atoms with E-state index in [-0.39, 0.29) is 29.2 Å². The monoisotopic (exact) mass is 485 g/mol. The molecule has 192 valence electrons. The summed E-state index contributed by atoms with van der Waals surface area (Å²) >= 11 is 0. The van der Waals surface area contributed by atoms with E-state index in [0.29, 0.717) is 18.0 Å². The van der Waals surface area contributed by atoms with Gasteiger partial charge in [0, 0.05) is 37.5 Å². The molecule has 2 atom stereocenters. The number of aliphatic hydroxyl groups is 1. The first kappa shape index (κ1) is 25.6. The topological polar surface area (TPSA) is 83.3 Å². The van der Waals surface area contributed by atoms with Gasteiger partial charge in [0.15, 0.2) is 0 Å². The summed E-state index contributed by atoms with van der Waals surface area (Å²) in [5.74, 6) is 1.99. The van der Waals surface area contributed by atoms with Crippen molar-refractivity contribution in [3.63, 3.8) is 0 Å². The zero-order chi connectivity index (χ0) is 25.2. The number of carbonyl (C=O) groups excluding carboxylic acids is 1. The molecule has 2 aromatic rings. The minimum absolute atomic E-state index is 0.0265. The number of hydrogen-bond acceptors (Lipinski definition) is 5. The fraction of sp³-hybridized carbons (Fsp3) is 0.667. The Bertz CT molecular complexity index is 1020. The van der Waals surface area contributed by atoms with Crippen LogP contribution < -0.4 is 10.2 Å². The number of nitrogens with zero attached hydrogens (tertiary/aromatic N) is 4. The summed E-state index contributed by atoms with van der Waals surface area (Å²) in [6, 6.07) is 5.08. The molecular weight excluding hydrogens is 445 g/mol. The fourth-order valence-electron chi connectivity index (χ4n) is 5.36. The van der Waals surface area contributed by atoms with Crippen molar-refractivity contribution < 1.29 is 14.3 Å². The summed E-state index contributed by atoms with van der Waals surface area (Å²) in [4.78, 5) is 15.0. The lowest BCUT2D eigenvalue weighted by Gasteiger charge is -2.34. The van der Waals surface area contributed by atoms with E-state index in [1.54, 1.807) is 13.0 Å². The van der Waals surface area contributed by atoms with Crippen LogP contribution in [0.5, 0.6) is 0 Å². The van der Waals surface area contributed by atoms with Gasteiger partial charge in [0.05, 0.1) is 6.10 Å². The lowest BCUT2D eigenvalue weighted by Crippen LogP contribution is -2.41. The van der Waals surface area contributed by atoms with Crippen molar-refractivity contribution in [2.24, 2.45) is 11.8 Å². The number of hydrogen-bond donors (Lipinski definition) is 2. The van der Waals surface area contributed by atoms with Gasteiger partial charge in [0.25, 0.3) is 0 Å². The number of anilines is 1. The Kier molecular flexibility index (Phi) is 7.79. The second-order valence-corrected chi connectivity index (χ2v) is 11.4. The number of halogens is 1. The quantitative estimate of drug-likeness (QED) is 0.644. The van der Waals surface area contributed by atoms with E-state index in [1.165, 1.54) is 6.07 Å². The molecule has 0 bridgehead atoms. The molecule has 1 aliphatic heterocycles. The maximum Gasteiger partial charge on any atom is 0.227 e. The number of aryl methyl sites for hydroxylation is 1. The van der Waals surface area contributed by atoms with E-state index in [1.807, 2.05) is 6.07 Å². The van der Waals surface area contributed by atoms with Crippen LogP contribution in [0.25, 0.3) is 0 Å². The molecule has 1 amide bonds. The molecule has 0 spiro atoms. The van der Waals surface area contributed by atoms with Gasteiger partial charge >= 0.3 is 0 Å². The normalized spacial score (nSPS) is 21.8. The van der Waals surface area contributed by atoms with Crippen molar-refractivity contribution >= 4 is 11.9 Å². The van der Waals surface area contributed by atoms with Crippen molar-refractivity contribution in [1.29, 1.82) is 0 Å². The largest absolute Gasteiger partial charge is 0.393 e. The third-order valence-electron chi connectivity index (χ3n) is 7.45. The lowest BCUT2D eigenvalue weighted by molar-refractivity contribution is -0.125. The molecule has 2 heterocycles. The molecule has 7 nitrogen and oxygen atoms in total. The summed E-state index contributed by atoms with van der Waals surface area (Å²) in [6.45, 7) is 10.8. The molecule has 2 fully saturated rings. The standard InChI is InChI=1S/C27H40FN5O2/c1-18-8-9-19(15-23(18)28)16-29-24(35)21-10-12-32(13-11-21)26-31-30-25(27(2,3)4)33(26)17-20-6-5-7-22(34)14-20/h8-9,15,20-22,34H,5-7,10-14,16-17H2,1-4H3,(H,29,35). The van der Waals surface area contributed by atoms with Gasteiger partial charge in [-0.1, -0.05) is 39.3 Å². The molecule has 8 heteroatoms. The van der Waals surface area contributed by atoms with Crippen LogP contribution in [0.1, 0.15) is 76.2 Å².